The van der Waals surface area contributed by atoms with Crippen LogP contribution in [-0.2, 0) is 9.53 Å². The number of hydrogen-bond acceptors (Lipinski definition) is 3. The van der Waals surface area contributed by atoms with Gasteiger partial charge in [0.15, 0.2) is 0 Å². The second-order valence-electron chi connectivity index (χ2n) is 5.59. The first kappa shape index (κ1) is 13.8. The fourth-order valence-electron chi connectivity index (χ4n) is 3.29. The van der Waals surface area contributed by atoms with Gasteiger partial charge in [0.1, 0.15) is 0 Å². The molecule has 0 bridgehead atoms. The van der Waals surface area contributed by atoms with Gasteiger partial charge in [-0.25, -0.2) is 0 Å². The van der Waals surface area contributed by atoms with E-state index in [9.17, 15) is 4.79 Å². The van der Waals surface area contributed by atoms with Gasteiger partial charge < -0.3 is 15.0 Å². The number of morpholine rings is 1. The van der Waals surface area contributed by atoms with Crippen LogP contribution < -0.4 is 5.32 Å². The average Bonchev–Trinajstić information content (AvgIpc) is 2.88. The van der Waals surface area contributed by atoms with Crippen molar-refractivity contribution >= 4 is 5.91 Å². The molecule has 2 fully saturated rings. The van der Waals surface area contributed by atoms with Crippen LogP contribution >= 0.6 is 0 Å². The highest BCUT2D eigenvalue weighted by atomic mass is 16.5. The highest BCUT2D eigenvalue weighted by molar-refractivity contribution is 5.83. The van der Waals surface area contributed by atoms with Gasteiger partial charge in [0.25, 0.3) is 0 Å². The Balaban J connectivity index is 2.11. The van der Waals surface area contributed by atoms with Gasteiger partial charge in [-0.15, -0.1) is 0 Å². The Hall–Kier alpha value is -0.610. The molecule has 2 unspecified atom stereocenters. The summed E-state index contributed by atoms with van der Waals surface area (Å²) in [5, 5.41) is 3.37. The minimum Gasteiger partial charge on any atom is -0.377 e. The Morgan fingerprint density at radius 2 is 2.33 bits per heavy atom. The molecule has 2 heterocycles. The van der Waals surface area contributed by atoms with E-state index < -0.39 is 0 Å². The first-order valence-corrected chi connectivity index (χ1v) is 7.33. The van der Waals surface area contributed by atoms with Crippen LogP contribution in [0.2, 0.25) is 0 Å². The van der Waals surface area contributed by atoms with Gasteiger partial charge >= 0.3 is 0 Å². The predicted molar refractivity (Wildman–Crippen MR) is 71.4 cm³/mol. The zero-order chi connectivity index (χ0) is 13.0. The molecule has 0 aromatic rings. The summed E-state index contributed by atoms with van der Waals surface area (Å²) in [7, 11) is 0. The molecule has 104 valence electrons. The zero-order valence-corrected chi connectivity index (χ0v) is 11.7. The molecular weight excluding hydrogens is 228 g/mol. The van der Waals surface area contributed by atoms with E-state index in [1.165, 1.54) is 0 Å². The molecule has 1 amide bonds. The topological polar surface area (TPSA) is 41.6 Å². The van der Waals surface area contributed by atoms with E-state index >= 15 is 0 Å². The molecule has 4 nitrogen and oxygen atoms in total. The summed E-state index contributed by atoms with van der Waals surface area (Å²) in [5.74, 6) is 0.365. The summed E-state index contributed by atoms with van der Waals surface area (Å²) < 4.78 is 5.50. The van der Waals surface area contributed by atoms with Gasteiger partial charge in [-0.2, -0.15) is 0 Å². The van der Waals surface area contributed by atoms with E-state index in [2.05, 4.69) is 24.1 Å². The fourth-order valence-corrected chi connectivity index (χ4v) is 3.29. The molecule has 1 N–H and O–H groups in total. The van der Waals surface area contributed by atoms with Crippen molar-refractivity contribution in [3.8, 4) is 0 Å². The second kappa shape index (κ2) is 6.02. The Bertz CT molecular complexity index is 288. The first-order chi connectivity index (χ1) is 8.73. The average molecular weight is 254 g/mol. The van der Waals surface area contributed by atoms with E-state index in [0.29, 0.717) is 19.1 Å². The SMILES string of the molecule is CCCC1(C(=O)N2CCOCC2CC)CCNC1. The van der Waals surface area contributed by atoms with Crippen LogP contribution in [-0.4, -0.2) is 49.7 Å². The largest absolute Gasteiger partial charge is 0.377 e. The zero-order valence-electron chi connectivity index (χ0n) is 11.7. The predicted octanol–water partition coefficient (Wildman–Crippen LogP) is 1.40. The lowest BCUT2D eigenvalue weighted by Gasteiger charge is -2.40. The molecule has 0 spiro atoms. The van der Waals surface area contributed by atoms with Crippen molar-refractivity contribution in [2.24, 2.45) is 5.41 Å². The van der Waals surface area contributed by atoms with Gasteiger partial charge in [-0.3, -0.25) is 4.79 Å². The highest BCUT2D eigenvalue weighted by Gasteiger charge is 2.44. The number of nitrogens with one attached hydrogen (secondary N) is 1. The summed E-state index contributed by atoms with van der Waals surface area (Å²) in [6.07, 6.45) is 4.07. The maximum absolute atomic E-state index is 12.9. The van der Waals surface area contributed by atoms with E-state index in [4.69, 9.17) is 4.74 Å². The van der Waals surface area contributed by atoms with Crippen LogP contribution in [0.3, 0.4) is 0 Å². The monoisotopic (exact) mass is 254 g/mol. The van der Waals surface area contributed by atoms with Crippen LogP contribution in [0.5, 0.6) is 0 Å². The summed E-state index contributed by atoms with van der Waals surface area (Å²) in [6.45, 7) is 8.31. The Morgan fingerprint density at radius 1 is 1.50 bits per heavy atom. The lowest BCUT2D eigenvalue weighted by molar-refractivity contribution is -0.150. The molecule has 0 saturated carbocycles. The molecule has 0 aromatic heterocycles. The van der Waals surface area contributed by atoms with Gasteiger partial charge in [0, 0.05) is 13.1 Å². The van der Waals surface area contributed by atoms with Crippen LogP contribution in [0, 0.1) is 5.41 Å². The van der Waals surface area contributed by atoms with Gasteiger partial charge in [-0.1, -0.05) is 20.3 Å². The van der Waals surface area contributed by atoms with Crippen molar-refractivity contribution in [3.63, 3.8) is 0 Å². The minimum atomic E-state index is -0.139. The van der Waals surface area contributed by atoms with Crippen molar-refractivity contribution in [2.45, 2.75) is 45.6 Å². The molecule has 0 aliphatic carbocycles. The maximum atomic E-state index is 12.9. The summed E-state index contributed by atoms with van der Waals surface area (Å²) >= 11 is 0. The van der Waals surface area contributed by atoms with Crippen molar-refractivity contribution in [2.75, 3.05) is 32.8 Å². The van der Waals surface area contributed by atoms with Crippen molar-refractivity contribution in [1.29, 1.82) is 0 Å². The number of hydrogen-bond donors (Lipinski definition) is 1. The van der Waals surface area contributed by atoms with Crippen LogP contribution in [0.15, 0.2) is 0 Å². The van der Waals surface area contributed by atoms with Gasteiger partial charge in [-0.05, 0) is 25.8 Å². The third-order valence-electron chi connectivity index (χ3n) is 4.39. The normalized spacial score (nSPS) is 32.8. The number of amides is 1. The van der Waals surface area contributed by atoms with E-state index in [-0.39, 0.29) is 11.5 Å². The molecule has 2 rings (SSSR count). The maximum Gasteiger partial charge on any atom is 0.230 e. The number of ether oxygens (including phenoxy) is 1. The number of rotatable bonds is 4. The van der Waals surface area contributed by atoms with E-state index in [1.54, 1.807) is 0 Å². The van der Waals surface area contributed by atoms with Gasteiger partial charge in [0.2, 0.25) is 5.91 Å². The Morgan fingerprint density at radius 3 is 2.94 bits per heavy atom. The van der Waals surface area contributed by atoms with Crippen LogP contribution in [0.4, 0.5) is 0 Å². The van der Waals surface area contributed by atoms with Gasteiger partial charge in [0.05, 0.1) is 24.7 Å². The number of carbonyl (C=O) groups is 1. The lowest BCUT2D eigenvalue weighted by Crippen LogP contribution is -2.54. The summed E-state index contributed by atoms with van der Waals surface area (Å²) in [6, 6.07) is 0.278. The Kier molecular flexibility index (Phi) is 4.62. The molecule has 0 aromatic carbocycles. The third-order valence-corrected chi connectivity index (χ3v) is 4.39. The van der Waals surface area contributed by atoms with E-state index in [0.717, 1.165) is 45.3 Å². The molecule has 2 atom stereocenters. The quantitative estimate of drug-likeness (QED) is 0.824. The van der Waals surface area contributed by atoms with Crippen LogP contribution in [0.1, 0.15) is 39.5 Å². The number of nitrogens with zero attached hydrogens (tertiary/aromatic N) is 1. The third kappa shape index (κ3) is 2.54. The Labute approximate surface area is 110 Å². The first-order valence-electron chi connectivity index (χ1n) is 7.33. The minimum absolute atomic E-state index is 0.139. The second-order valence-corrected chi connectivity index (χ2v) is 5.59. The van der Waals surface area contributed by atoms with Crippen LogP contribution in [0.25, 0.3) is 0 Å². The molecular formula is C14H26N2O2. The summed E-state index contributed by atoms with van der Waals surface area (Å²) in [5.41, 5.74) is -0.139. The molecule has 2 aliphatic rings. The smallest absolute Gasteiger partial charge is 0.230 e. The fraction of sp³-hybridized carbons (Fsp3) is 0.929. The molecule has 0 radical (unpaired) electrons. The van der Waals surface area contributed by atoms with E-state index in [1.807, 2.05) is 0 Å². The molecule has 4 heteroatoms. The summed E-state index contributed by atoms with van der Waals surface area (Å²) in [4.78, 5) is 15.0. The molecule has 18 heavy (non-hydrogen) atoms. The molecule has 2 aliphatic heterocycles. The molecule has 2 saturated heterocycles. The lowest BCUT2D eigenvalue weighted by atomic mass is 9.80. The van der Waals surface area contributed by atoms with Crippen molar-refractivity contribution in [1.82, 2.24) is 10.2 Å². The number of carbonyl (C=O) groups excluding carboxylic acids is 1. The van der Waals surface area contributed by atoms with Crippen molar-refractivity contribution in [3.05, 3.63) is 0 Å². The highest BCUT2D eigenvalue weighted by Crippen LogP contribution is 2.34. The van der Waals surface area contributed by atoms with Crippen molar-refractivity contribution < 1.29 is 9.53 Å². The standard InChI is InChI=1S/C14H26N2O2/c1-3-5-14(6-7-15-11-14)13(17)16-8-9-18-10-12(16)4-2/h12,15H,3-11H2,1-2H3.